The van der Waals surface area contributed by atoms with Crippen LogP contribution in [0.3, 0.4) is 0 Å². The zero-order valence-corrected chi connectivity index (χ0v) is 10.1. The van der Waals surface area contributed by atoms with E-state index in [1.54, 1.807) is 18.3 Å². The quantitative estimate of drug-likeness (QED) is 0.856. The minimum Gasteiger partial charge on any atom is -0.444 e. The van der Waals surface area contributed by atoms with Crippen LogP contribution in [-0.2, 0) is 11.3 Å². The summed E-state index contributed by atoms with van der Waals surface area (Å²) in [5, 5.41) is 0.801. The molecule has 0 unspecified atom stereocenters. The number of amides is 1. The fraction of sp³-hybridized carbons (Fsp3) is 0.0833. The van der Waals surface area contributed by atoms with Gasteiger partial charge in [-0.2, -0.15) is 0 Å². The topological polar surface area (TPSA) is 82.3 Å². The van der Waals surface area contributed by atoms with E-state index in [1.165, 1.54) is 11.3 Å². The van der Waals surface area contributed by atoms with E-state index in [9.17, 15) is 9.59 Å². The lowest BCUT2D eigenvalue weighted by atomic mass is 10.1. The maximum absolute atomic E-state index is 10.5. The molecular formula is C12H10N2O3S. The molecule has 18 heavy (non-hydrogen) atoms. The number of thiazole rings is 1. The standard InChI is InChI=1S/C12H10N2O3S/c13-12(16)17-7-10-5-14-11(18-10)9-3-1-8(6-15)2-4-9/h1-6H,7H2,(H2,13,16). The Morgan fingerprint density at radius 1 is 1.39 bits per heavy atom. The number of rotatable bonds is 4. The molecule has 0 aliphatic heterocycles. The lowest BCUT2D eigenvalue weighted by molar-refractivity contribution is 0.112. The second-order valence-electron chi connectivity index (χ2n) is 3.48. The van der Waals surface area contributed by atoms with E-state index in [0.29, 0.717) is 5.56 Å². The highest BCUT2D eigenvalue weighted by Crippen LogP contribution is 2.25. The zero-order chi connectivity index (χ0) is 13.0. The molecule has 0 spiro atoms. The number of aldehydes is 1. The Balaban J connectivity index is 2.13. The SMILES string of the molecule is NC(=O)OCc1cnc(-c2ccc(C=O)cc2)s1. The van der Waals surface area contributed by atoms with Gasteiger partial charge in [0, 0.05) is 17.3 Å². The molecule has 2 N–H and O–H groups in total. The molecule has 1 aromatic heterocycles. The molecule has 6 heteroatoms. The van der Waals surface area contributed by atoms with Crippen LogP contribution in [0.2, 0.25) is 0 Å². The Hall–Kier alpha value is -2.21. The minimum absolute atomic E-state index is 0.124. The van der Waals surface area contributed by atoms with Crippen LogP contribution in [0.4, 0.5) is 4.79 Å². The molecule has 0 aliphatic carbocycles. The molecular weight excluding hydrogens is 252 g/mol. The molecule has 0 bridgehead atoms. The Kier molecular flexibility index (Phi) is 3.69. The second kappa shape index (κ2) is 5.42. The molecule has 2 aromatic rings. The zero-order valence-electron chi connectivity index (χ0n) is 9.33. The molecule has 0 saturated heterocycles. The summed E-state index contributed by atoms with van der Waals surface area (Å²) in [5.74, 6) is 0. The molecule has 0 radical (unpaired) electrons. The average molecular weight is 262 g/mol. The van der Waals surface area contributed by atoms with Crippen molar-refractivity contribution < 1.29 is 14.3 Å². The summed E-state index contributed by atoms with van der Waals surface area (Å²) in [6, 6.07) is 7.09. The summed E-state index contributed by atoms with van der Waals surface area (Å²) in [6.45, 7) is 0.124. The van der Waals surface area contributed by atoms with Gasteiger partial charge in [0.2, 0.25) is 0 Å². The van der Waals surface area contributed by atoms with Gasteiger partial charge >= 0.3 is 6.09 Å². The first kappa shape index (κ1) is 12.3. The molecule has 1 heterocycles. The van der Waals surface area contributed by atoms with E-state index < -0.39 is 6.09 Å². The number of ether oxygens (including phenoxy) is 1. The van der Waals surface area contributed by atoms with Crippen LogP contribution in [0.5, 0.6) is 0 Å². The van der Waals surface area contributed by atoms with Gasteiger partial charge < -0.3 is 10.5 Å². The number of nitrogens with zero attached hydrogens (tertiary/aromatic N) is 1. The normalized spacial score (nSPS) is 10.0. The van der Waals surface area contributed by atoms with Crippen molar-refractivity contribution in [3.63, 3.8) is 0 Å². The van der Waals surface area contributed by atoms with Crippen molar-refractivity contribution in [3.8, 4) is 10.6 Å². The van der Waals surface area contributed by atoms with Crippen LogP contribution in [0, 0.1) is 0 Å². The van der Waals surface area contributed by atoms with Crippen molar-refractivity contribution >= 4 is 23.7 Å². The molecule has 92 valence electrons. The van der Waals surface area contributed by atoms with Crippen molar-refractivity contribution in [1.82, 2.24) is 4.98 Å². The van der Waals surface area contributed by atoms with Crippen LogP contribution < -0.4 is 5.73 Å². The van der Waals surface area contributed by atoms with Crippen LogP contribution in [0.15, 0.2) is 30.5 Å². The molecule has 2 rings (SSSR count). The third kappa shape index (κ3) is 2.92. The molecule has 0 atom stereocenters. The number of hydrogen-bond donors (Lipinski definition) is 1. The van der Waals surface area contributed by atoms with E-state index in [2.05, 4.69) is 9.72 Å². The van der Waals surface area contributed by atoms with Crippen LogP contribution >= 0.6 is 11.3 Å². The van der Waals surface area contributed by atoms with E-state index in [1.807, 2.05) is 12.1 Å². The van der Waals surface area contributed by atoms with E-state index in [0.717, 1.165) is 21.7 Å². The first-order chi connectivity index (χ1) is 8.69. The van der Waals surface area contributed by atoms with E-state index in [4.69, 9.17) is 5.73 Å². The Bertz CT molecular complexity index is 563. The highest BCUT2D eigenvalue weighted by Gasteiger charge is 2.06. The third-order valence-corrected chi connectivity index (χ3v) is 3.22. The maximum atomic E-state index is 10.5. The van der Waals surface area contributed by atoms with Crippen LogP contribution in [0.1, 0.15) is 15.2 Å². The van der Waals surface area contributed by atoms with Gasteiger partial charge in [-0.1, -0.05) is 24.3 Å². The monoisotopic (exact) mass is 262 g/mol. The van der Waals surface area contributed by atoms with Gasteiger partial charge in [-0.05, 0) is 0 Å². The summed E-state index contributed by atoms with van der Waals surface area (Å²) in [5.41, 5.74) is 6.41. The van der Waals surface area contributed by atoms with Gasteiger partial charge in [0.05, 0.1) is 4.88 Å². The van der Waals surface area contributed by atoms with Gasteiger partial charge in [-0.15, -0.1) is 11.3 Å². The number of carbonyl (C=O) groups is 2. The molecule has 0 aliphatic rings. The summed E-state index contributed by atoms with van der Waals surface area (Å²) in [4.78, 5) is 26.0. The highest BCUT2D eigenvalue weighted by molar-refractivity contribution is 7.15. The Morgan fingerprint density at radius 2 is 2.11 bits per heavy atom. The second-order valence-corrected chi connectivity index (χ2v) is 4.59. The number of aromatic nitrogens is 1. The van der Waals surface area contributed by atoms with E-state index in [-0.39, 0.29) is 6.61 Å². The number of benzene rings is 1. The number of nitrogens with two attached hydrogens (primary N) is 1. The summed E-state index contributed by atoms with van der Waals surface area (Å²) in [6.07, 6.45) is 1.62. The summed E-state index contributed by atoms with van der Waals surface area (Å²) >= 11 is 1.41. The smallest absolute Gasteiger partial charge is 0.404 e. The highest BCUT2D eigenvalue weighted by atomic mass is 32.1. The Labute approximate surface area is 107 Å². The molecule has 0 saturated carbocycles. The summed E-state index contributed by atoms with van der Waals surface area (Å²) < 4.78 is 4.68. The third-order valence-electron chi connectivity index (χ3n) is 2.20. The van der Waals surface area contributed by atoms with Gasteiger partial charge in [0.15, 0.2) is 0 Å². The summed E-state index contributed by atoms with van der Waals surface area (Å²) in [7, 11) is 0. The van der Waals surface area contributed by atoms with Gasteiger partial charge in [-0.3, -0.25) is 4.79 Å². The predicted octanol–water partition coefficient (Wildman–Crippen LogP) is 2.22. The lowest BCUT2D eigenvalue weighted by Gasteiger charge is -1.97. The fourth-order valence-corrected chi connectivity index (χ4v) is 2.19. The Morgan fingerprint density at radius 3 is 2.72 bits per heavy atom. The maximum Gasteiger partial charge on any atom is 0.404 e. The number of primary amides is 1. The van der Waals surface area contributed by atoms with Crippen molar-refractivity contribution in [2.24, 2.45) is 5.73 Å². The molecule has 0 fully saturated rings. The van der Waals surface area contributed by atoms with E-state index >= 15 is 0 Å². The molecule has 1 aromatic carbocycles. The van der Waals surface area contributed by atoms with Crippen molar-refractivity contribution in [2.45, 2.75) is 6.61 Å². The van der Waals surface area contributed by atoms with Crippen LogP contribution in [0.25, 0.3) is 10.6 Å². The average Bonchev–Trinajstić information content (AvgIpc) is 2.85. The van der Waals surface area contributed by atoms with Crippen molar-refractivity contribution in [2.75, 3.05) is 0 Å². The van der Waals surface area contributed by atoms with Gasteiger partial charge in [-0.25, -0.2) is 9.78 Å². The van der Waals surface area contributed by atoms with Gasteiger partial charge in [0.1, 0.15) is 17.9 Å². The van der Waals surface area contributed by atoms with Crippen molar-refractivity contribution in [3.05, 3.63) is 40.9 Å². The van der Waals surface area contributed by atoms with Crippen LogP contribution in [-0.4, -0.2) is 17.4 Å². The first-order valence-corrected chi connectivity index (χ1v) is 5.93. The predicted molar refractivity (Wildman–Crippen MR) is 67.3 cm³/mol. The minimum atomic E-state index is -0.805. The number of carbonyl (C=O) groups excluding carboxylic acids is 2. The molecule has 1 amide bonds. The fourth-order valence-electron chi connectivity index (χ4n) is 1.35. The van der Waals surface area contributed by atoms with Crippen molar-refractivity contribution in [1.29, 1.82) is 0 Å². The number of hydrogen-bond acceptors (Lipinski definition) is 5. The first-order valence-electron chi connectivity index (χ1n) is 5.11. The molecule has 5 nitrogen and oxygen atoms in total. The van der Waals surface area contributed by atoms with Gasteiger partial charge in [0.25, 0.3) is 0 Å². The lowest BCUT2D eigenvalue weighted by Crippen LogP contribution is -2.12. The largest absolute Gasteiger partial charge is 0.444 e.